The van der Waals surface area contributed by atoms with Gasteiger partial charge in [0.2, 0.25) is 5.91 Å². The molecular formula is C26H26N6O3. The number of aromatic nitrogens is 2. The van der Waals surface area contributed by atoms with Crippen LogP contribution >= 0.6 is 0 Å². The Balaban J connectivity index is 1.13. The van der Waals surface area contributed by atoms with Crippen LogP contribution in [0.1, 0.15) is 32.7 Å². The molecule has 2 aliphatic rings. The summed E-state index contributed by atoms with van der Waals surface area (Å²) in [6, 6.07) is 18.9. The fraction of sp³-hybridized carbons (Fsp3) is 0.269. The second-order valence-electron chi connectivity index (χ2n) is 8.62. The molecule has 1 aromatic heterocycles. The summed E-state index contributed by atoms with van der Waals surface area (Å²) in [5, 5.41) is 2.76. The molecule has 0 radical (unpaired) electrons. The van der Waals surface area contributed by atoms with Crippen molar-refractivity contribution < 1.29 is 14.4 Å². The molecule has 2 aliphatic heterocycles. The summed E-state index contributed by atoms with van der Waals surface area (Å²) < 4.78 is 0. The Labute approximate surface area is 203 Å². The predicted octanol–water partition coefficient (Wildman–Crippen LogP) is 2.42. The Hall–Kier alpha value is -4.11. The number of hydrogen-bond acceptors (Lipinski definition) is 7. The van der Waals surface area contributed by atoms with Gasteiger partial charge in [-0.3, -0.25) is 24.2 Å². The van der Waals surface area contributed by atoms with Crippen molar-refractivity contribution in [1.29, 1.82) is 0 Å². The van der Waals surface area contributed by atoms with Crippen LogP contribution in [0.4, 0.5) is 11.6 Å². The molecular weight excluding hydrogens is 444 g/mol. The quantitative estimate of drug-likeness (QED) is 0.530. The molecule has 0 spiro atoms. The molecule has 9 heteroatoms. The van der Waals surface area contributed by atoms with E-state index < -0.39 is 0 Å². The number of benzene rings is 2. The number of fused-ring (bicyclic) bond motifs is 1. The van der Waals surface area contributed by atoms with Gasteiger partial charge in [0.25, 0.3) is 11.8 Å². The minimum absolute atomic E-state index is 0.0109. The van der Waals surface area contributed by atoms with Crippen LogP contribution in [0.2, 0.25) is 0 Å². The standard InChI is InChI=1S/C26H26N6O3/c33-24(10-11-32-25(34)20-8-4-5-9-21(20)26(32)35)29-22-16-23(28-18-27-22)31-14-12-30(13-15-31)17-19-6-2-1-3-7-19/h1-9,16,18H,10-15,17H2,(H,27,28,29,33). The molecule has 178 valence electrons. The van der Waals surface area contributed by atoms with E-state index in [2.05, 4.69) is 49.4 Å². The van der Waals surface area contributed by atoms with E-state index in [-0.39, 0.29) is 30.7 Å². The smallest absolute Gasteiger partial charge is 0.261 e. The fourth-order valence-electron chi connectivity index (χ4n) is 4.43. The molecule has 2 aromatic carbocycles. The Morgan fingerprint density at radius 1 is 0.857 bits per heavy atom. The third kappa shape index (κ3) is 5.04. The average molecular weight is 471 g/mol. The Kier molecular flexibility index (Phi) is 6.49. The second kappa shape index (κ2) is 10.0. The first-order valence-electron chi connectivity index (χ1n) is 11.7. The Bertz CT molecular complexity index is 1210. The minimum Gasteiger partial charge on any atom is -0.354 e. The lowest BCUT2D eigenvalue weighted by molar-refractivity contribution is -0.116. The van der Waals surface area contributed by atoms with Crippen LogP contribution in [0, 0.1) is 0 Å². The van der Waals surface area contributed by atoms with Gasteiger partial charge in [0.05, 0.1) is 11.1 Å². The zero-order valence-corrected chi connectivity index (χ0v) is 19.3. The summed E-state index contributed by atoms with van der Waals surface area (Å²) >= 11 is 0. The lowest BCUT2D eigenvalue weighted by Gasteiger charge is -2.35. The largest absolute Gasteiger partial charge is 0.354 e. The lowest BCUT2D eigenvalue weighted by atomic mass is 10.1. The molecule has 0 unspecified atom stereocenters. The third-order valence-electron chi connectivity index (χ3n) is 6.31. The number of hydrogen-bond donors (Lipinski definition) is 1. The first-order chi connectivity index (χ1) is 17.1. The maximum absolute atomic E-state index is 12.5. The number of piperazine rings is 1. The van der Waals surface area contributed by atoms with E-state index in [0.29, 0.717) is 16.9 Å². The van der Waals surface area contributed by atoms with Gasteiger partial charge in [-0.15, -0.1) is 0 Å². The molecule has 9 nitrogen and oxygen atoms in total. The molecule has 1 saturated heterocycles. The van der Waals surface area contributed by atoms with Crippen LogP contribution in [0.25, 0.3) is 0 Å². The minimum atomic E-state index is -0.367. The Morgan fingerprint density at radius 3 is 2.20 bits per heavy atom. The van der Waals surface area contributed by atoms with Gasteiger partial charge in [-0.1, -0.05) is 42.5 Å². The average Bonchev–Trinajstić information content (AvgIpc) is 3.13. The van der Waals surface area contributed by atoms with Gasteiger partial charge in [-0.05, 0) is 17.7 Å². The van der Waals surface area contributed by atoms with Crippen molar-refractivity contribution in [2.45, 2.75) is 13.0 Å². The highest BCUT2D eigenvalue weighted by Gasteiger charge is 2.35. The van der Waals surface area contributed by atoms with Crippen molar-refractivity contribution in [3.63, 3.8) is 0 Å². The van der Waals surface area contributed by atoms with Crippen LogP contribution < -0.4 is 10.2 Å². The molecule has 0 aliphatic carbocycles. The van der Waals surface area contributed by atoms with Crippen molar-refractivity contribution in [3.8, 4) is 0 Å². The molecule has 0 bridgehead atoms. The van der Waals surface area contributed by atoms with Crippen molar-refractivity contribution in [2.75, 3.05) is 42.9 Å². The third-order valence-corrected chi connectivity index (χ3v) is 6.31. The first-order valence-corrected chi connectivity index (χ1v) is 11.7. The monoisotopic (exact) mass is 470 g/mol. The number of rotatable bonds is 7. The summed E-state index contributed by atoms with van der Waals surface area (Å²) in [5.74, 6) is 0.103. The van der Waals surface area contributed by atoms with Crippen molar-refractivity contribution in [2.24, 2.45) is 0 Å². The zero-order chi connectivity index (χ0) is 24.2. The summed E-state index contributed by atoms with van der Waals surface area (Å²) in [4.78, 5) is 51.7. The normalized spacial score (nSPS) is 15.9. The first kappa shape index (κ1) is 22.7. The topological polar surface area (TPSA) is 98.7 Å². The summed E-state index contributed by atoms with van der Waals surface area (Å²) in [7, 11) is 0. The molecule has 3 heterocycles. The van der Waals surface area contributed by atoms with Gasteiger partial charge >= 0.3 is 0 Å². The van der Waals surface area contributed by atoms with E-state index in [9.17, 15) is 14.4 Å². The molecule has 35 heavy (non-hydrogen) atoms. The highest BCUT2D eigenvalue weighted by Crippen LogP contribution is 2.23. The number of nitrogens with zero attached hydrogens (tertiary/aromatic N) is 5. The van der Waals surface area contributed by atoms with Gasteiger partial charge < -0.3 is 10.2 Å². The summed E-state index contributed by atoms with van der Waals surface area (Å²) in [6.45, 7) is 4.43. The van der Waals surface area contributed by atoms with Gasteiger partial charge in [0.1, 0.15) is 18.0 Å². The number of amides is 3. The SMILES string of the molecule is O=C(CCN1C(=O)c2ccccc2C1=O)Nc1cc(N2CCN(Cc3ccccc3)CC2)ncn1. The number of carbonyl (C=O) groups is 3. The molecule has 1 fully saturated rings. The molecule has 3 amide bonds. The number of anilines is 2. The van der Waals surface area contributed by atoms with E-state index in [1.165, 1.54) is 11.9 Å². The summed E-state index contributed by atoms with van der Waals surface area (Å²) in [5.41, 5.74) is 2.05. The van der Waals surface area contributed by atoms with Crippen LogP contribution in [0.5, 0.6) is 0 Å². The van der Waals surface area contributed by atoms with Gasteiger partial charge in [-0.25, -0.2) is 9.97 Å². The molecule has 0 saturated carbocycles. The summed E-state index contributed by atoms with van der Waals surface area (Å²) in [6.07, 6.45) is 1.43. The predicted molar refractivity (Wildman–Crippen MR) is 131 cm³/mol. The van der Waals surface area contributed by atoms with Crippen molar-refractivity contribution in [3.05, 3.63) is 83.7 Å². The molecule has 1 N–H and O–H groups in total. The van der Waals surface area contributed by atoms with Crippen molar-refractivity contribution >= 4 is 29.4 Å². The van der Waals surface area contributed by atoms with Crippen LogP contribution in [-0.2, 0) is 11.3 Å². The van der Waals surface area contributed by atoms with Gasteiger partial charge in [0.15, 0.2) is 0 Å². The van der Waals surface area contributed by atoms with E-state index >= 15 is 0 Å². The maximum atomic E-state index is 12.5. The van der Waals surface area contributed by atoms with Gasteiger partial charge in [-0.2, -0.15) is 0 Å². The molecule has 5 rings (SSSR count). The van der Waals surface area contributed by atoms with Crippen LogP contribution in [0.15, 0.2) is 67.0 Å². The molecule has 0 atom stereocenters. The van der Waals surface area contributed by atoms with Crippen LogP contribution in [-0.4, -0.2) is 70.2 Å². The lowest BCUT2D eigenvalue weighted by Crippen LogP contribution is -2.46. The highest BCUT2D eigenvalue weighted by molar-refractivity contribution is 6.21. The molecule has 3 aromatic rings. The van der Waals surface area contributed by atoms with Gasteiger partial charge in [0, 0.05) is 51.8 Å². The Morgan fingerprint density at radius 2 is 1.51 bits per heavy atom. The van der Waals surface area contributed by atoms with E-state index in [4.69, 9.17) is 0 Å². The number of imide groups is 1. The van der Waals surface area contributed by atoms with Crippen molar-refractivity contribution in [1.82, 2.24) is 19.8 Å². The second-order valence-corrected chi connectivity index (χ2v) is 8.62. The number of carbonyl (C=O) groups excluding carboxylic acids is 3. The van der Waals surface area contributed by atoms with E-state index in [1.807, 2.05) is 6.07 Å². The van der Waals surface area contributed by atoms with E-state index in [0.717, 1.165) is 43.4 Å². The van der Waals surface area contributed by atoms with E-state index in [1.54, 1.807) is 30.3 Å². The number of nitrogens with one attached hydrogen (secondary N) is 1. The fourth-order valence-corrected chi connectivity index (χ4v) is 4.43. The van der Waals surface area contributed by atoms with Crippen LogP contribution in [0.3, 0.4) is 0 Å². The zero-order valence-electron chi connectivity index (χ0n) is 19.3. The highest BCUT2D eigenvalue weighted by atomic mass is 16.2. The maximum Gasteiger partial charge on any atom is 0.261 e.